The van der Waals surface area contributed by atoms with Crippen LogP contribution in [0, 0.1) is 11.7 Å². The fourth-order valence-corrected chi connectivity index (χ4v) is 3.12. The second-order valence-corrected chi connectivity index (χ2v) is 8.20. The van der Waals surface area contributed by atoms with Crippen molar-refractivity contribution in [1.29, 1.82) is 0 Å². The molecular weight excluding hydrogens is 377 g/mol. The van der Waals surface area contributed by atoms with Crippen LogP contribution in [0.1, 0.15) is 39.2 Å². The molecule has 1 aliphatic heterocycles. The standard InChI is InChI=1S/C21H30FN3O4/c1-21(2,3)29-20(28)24-11-10-23-19(27)16-5-4-12-25(14-16)18(26)13-15-6-8-17(22)9-7-15/h6-9,16H,4-5,10-14H2,1-3H3,(H,23,27)(H,24,28). The average Bonchev–Trinajstić information content (AvgIpc) is 2.65. The molecule has 1 saturated heterocycles. The molecule has 1 heterocycles. The highest BCUT2D eigenvalue weighted by atomic mass is 19.1. The van der Waals surface area contributed by atoms with Crippen molar-refractivity contribution in [3.8, 4) is 0 Å². The second kappa shape index (κ2) is 10.2. The van der Waals surface area contributed by atoms with Crippen LogP contribution < -0.4 is 10.6 Å². The van der Waals surface area contributed by atoms with Gasteiger partial charge in [0.05, 0.1) is 12.3 Å². The molecular formula is C21H30FN3O4. The van der Waals surface area contributed by atoms with Crippen LogP contribution in [0.3, 0.4) is 0 Å². The fraction of sp³-hybridized carbons (Fsp3) is 0.571. The Labute approximate surface area is 171 Å². The van der Waals surface area contributed by atoms with Gasteiger partial charge < -0.3 is 20.3 Å². The molecule has 0 aromatic heterocycles. The van der Waals surface area contributed by atoms with E-state index in [9.17, 15) is 18.8 Å². The smallest absolute Gasteiger partial charge is 0.407 e. The van der Waals surface area contributed by atoms with Gasteiger partial charge in [-0.15, -0.1) is 0 Å². The van der Waals surface area contributed by atoms with E-state index in [1.807, 2.05) is 0 Å². The van der Waals surface area contributed by atoms with Crippen LogP contribution in [0.5, 0.6) is 0 Å². The van der Waals surface area contributed by atoms with Gasteiger partial charge in [0.1, 0.15) is 11.4 Å². The molecule has 0 bridgehead atoms. The second-order valence-electron chi connectivity index (χ2n) is 8.20. The monoisotopic (exact) mass is 407 g/mol. The molecule has 160 valence electrons. The number of carbonyl (C=O) groups excluding carboxylic acids is 3. The van der Waals surface area contributed by atoms with Crippen LogP contribution >= 0.6 is 0 Å². The van der Waals surface area contributed by atoms with Gasteiger partial charge in [0.15, 0.2) is 0 Å². The van der Waals surface area contributed by atoms with Gasteiger partial charge in [-0.05, 0) is 51.3 Å². The molecule has 1 aromatic carbocycles. The minimum Gasteiger partial charge on any atom is -0.444 e. The average molecular weight is 407 g/mol. The Morgan fingerprint density at radius 1 is 1.14 bits per heavy atom. The topological polar surface area (TPSA) is 87.7 Å². The van der Waals surface area contributed by atoms with E-state index in [4.69, 9.17) is 4.74 Å². The quantitative estimate of drug-likeness (QED) is 0.708. The summed E-state index contributed by atoms with van der Waals surface area (Å²) < 4.78 is 18.1. The molecule has 2 N–H and O–H groups in total. The highest BCUT2D eigenvalue weighted by Gasteiger charge is 2.28. The van der Waals surface area contributed by atoms with Crippen molar-refractivity contribution in [3.05, 3.63) is 35.6 Å². The van der Waals surface area contributed by atoms with Gasteiger partial charge in [-0.2, -0.15) is 0 Å². The number of ether oxygens (including phenoxy) is 1. The molecule has 29 heavy (non-hydrogen) atoms. The Morgan fingerprint density at radius 3 is 2.45 bits per heavy atom. The van der Waals surface area contributed by atoms with Crippen LogP contribution in [-0.4, -0.2) is 54.6 Å². The molecule has 1 aromatic rings. The number of likely N-dealkylation sites (tertiary alicyclic amines) is 1. The Balaban J connectivity index is 1.73. The van der Waals surface area contributed by atoms with E-state index in [-0.39, 0.29) is 43.1 Å². The van der Waals surface area contributed by atoms with E-state index < -0.39 is 11.7 Å². The maximum absolute atomic E-state index is 13.0. The Morgan fingerprint density at radius 2 is 1.79 bits per heavy atom. The molecule has 1 aliphatic rings. The van der Waals surface area contributed by atoms with Crippen molar-refractivity contribution < 1.29 is 23.5 Å². The number of hydrogen-bond acceptors (Lipinski definition) is 4. The molecule has 0 spiro atoms. The van der Waals surface area contributed by atoms with Crippen LogP contribution in [-0.2, 0) is 20.7 Å². The van der Waals surface area contributed by atoms with E-state index in [0.717, 1.165) is 12.0 Å². The molecule has 2 rings (SSSR count). The maximum Gasteiger partial charge on any atom is 0.407 e. The number of carbonyl (C=O) groups is 3. The molecule has 8 heteroatoms. The number of benzene rings is 1. The summed E-state index contributed by atoms with van der Waals surface area (Å²) in [6.45, 7) is 6.87. The van der Waals surface area contributed by atoms with Crippen molar-refractivity contribution in [2.75, 3.05) is 26.2 Å². The number of amides is 3. The van der Waals surface area contributed by atoms with E-state index in [2.05, 4.69) is 10.6 Å². The first-order valence-electron chi connectivity index (χ1n) is 9.91. The summed E-state index contributed by atoms with van der Waals surface area (Å²) in [6, 6.07) is 5.86. The van der Waals surface area contributed by atoms with Crippen LogP contribution in [0.4, 0.5) is 9.18 Å². The highest BCUT2D eigenvalue weighted by molar-refractivity contribution is 5.82. The Bertz CT molecular complexity index is 716. The third-order valence-electron chi connectivity index (χ3n) is 4.51. The zero-order valence-corrected chi connectivity index (χ0v) is 17.3. The zero-order valence-electron chi connectivity index (χ0n) is 17.3. The fourth-order valence-electron chi connectivity index (χ4n) is 3.12. The van der Waals surface area contributed by atoms with Gasteiger partial charge in [-0.25, -0.2) is 9.18 Å². The number of rotatable bonds is 6. The van der Waals surface area contributed by atoms with Gasteiger partial charge in [0.2, 0.25) is 11.8 Å². The summed E-state index contributed by atoms with van der Waals surface area (Å²) in [5.41, 5.74) is 0.176. The predicted molar refractivity (Wildman–Crippen MR) is 107 cm³/mol. The third kappa shape index (κ3) is 8.09. The van der Waals surface area contributed by atoms with Gasteiger partial charge in [-0.1, -0.05) is 12.1 Å². The highest BCUT2D eigenvalue weighted by Crippen LogP contribution is 2.18. The van der Waals surface area contributed by atoms with Crippen LogP contribution in [0.2, 0.25) is 0 Å². The number of nitrogens with zero attached hydrogens (tertiary/aromatic N) is 1. The molecule has 3 amide bonds. The Hall–Kier alpha value is -2.64. The maximum atomic E-state index is 13.0. The van der Waals surface area contributed by atoms with Crippen molar-refractivity contribution >= 4 is 17.9 Å². The van der Waals surface area contributed by atoms with Gasteiger partial charge in [0.25, 0.3) is 0 Å². The molecule has 1 unspecified atom stereocenters. The lowest BCUT2D eigenvalue weighted by Gasteiger charge is -2.32. The largest absolute Gasteiger partial charge is 0.444 e. The van der Waals surface area contributed by atoms with Gasteiger partial charge in [0, 0.05) is 26.2 Å². The third-order valence-corrected chi connectivity index (χ3v) is 4.51. The summed E-state index contributed by atoms with van der Waals surface area (Å²) in [4.78, 5) is 38.2. The molecule has 0 radical (unpaired) electrons. The first-order valence-corrected chi connectivity index (χ1v) is 9.91. The van der Waals surface area contributed by atoms with Crippen molar-refractivity contribution in [1.82, 2.24) is 15.5 Å². The van der Waals surface area contributed by atoms with Crippen molar-refractivity contribution in [2.45, 2.75) is 45.6 Å². The van der Waals surface area contributed by atoms with Gasteiger partial charge in [-0.3, -0.25) is 9.59 Å². The SMILES string of the molecule is CC(C)(C)OC(=O)NCCNC(=O)C1CCCN(C(=O)Cc2ccc(F)cc2)C1. The zero-order chi connectivity index (χ0) is 21.4. The number of hydrogen-bond donors (Lipinski definition) is 2. The number of piperidine rings is 1. The lowest BCUT2D eigenvalue weighted by atomic mass is 9.96. The Kier molecular flexibility index (Phi) is 7.99. The minimum absolute atomic E-state index is 0.0688. The summed E-state index contributed by atoms with van der Waals surface area (Å²) in [5, 5.41) is 5.39. The lowest BCUT2D eigenvalue weighted by molar-refractivity contribution is -0.135. The molecule has 7 nitrogen and oxygen atoms in total. The number of nitrogens with one attached hydrogen (secondary N) is 2. The number of alkyl carbamates (subject to hydrolysis) is 1. The molecule has 0 aliphatic carbocycles. The summed E-state index contributed by atoms with van der Waals surface area (Å²) in [6.07, 6.45) is 1.13. The first kappa shape index (κ1) is 22.6. The molecule has 0 saturated carbocycles. The first-order chi connectivity index (χ1) is 13.6. The van der Waals surface area contributed by atoms with Crippen molar-refractivity contribution in [3.63, 3.8) is 0 Å². The van der Waals surface area contributed by atoms with Crippen molar-refractivity contribution in [2.24, 2.45) is 5.92 Å². The van der Waals surface area contributed by atoms with Gasteiger partial charge >= 0.3 is 6.09 Å². The molecule has 1 atom stereocenters. The lowest BCUT2D eigenvalue weighted by Crippen LogP contribution is -2.47. The van der Waals surface area contributed by atoms with E-state index >= 15 is 0 Å². The van der Waals surface area contributed by atoms with E-state index in [0.29, 0.717) is 19.5 Å². The van der Waals surface area contributed by atoms with Crippen LogP contribution in [0.25, 0.3) is 0 Å². The summed E-state index contributed by atoms with van der Waals surface area (Å²) in [5.74, 6) is -0.810. The predicted octanol–water partition coefficient (Wildman–Crippen LogP) is 2.25. The number of halogens is 1. The summed E-state index contributed by atoms with van der Waals surface area (Å²) >= 11 is 0. The molecule has 1 fully saturated rings. The minimum atomic E-state index is -0.570. The normalized spacial score (nSPS) is 16.8. The van der Waals surface area contributed by atoms with E-state index in [1.165, 1.54) is 12.1 Å². The van der Waals surface area contributed by atoms with E-state index in [1.54, 1.807) is 37.8 Å². The van der Waals surface area contributed by atoms with Crippen LogP contribution in [0.15, 0.2) is 24.3 Å². The summed E-state index contributed by atoms with van der Waals surface area (Å²) in [7, 11) is 0.